The highest BCUT2D eigenvalue weighted by Crippen LogP contribution is 2.17. The normalized spacial score (nSPS) is 12.0. The van der Waals surface area contributed by atoms with Crippen LogP contribution < -0.4 is 10.6 Å². The van der Waals surface area contributed by atoms with Crippen LogP contribution in [0.2, 0.25) is 6.04 Å². The quantitative estimate of drug-likeness (QED) is 0.272. The van der Waals surface area contributed by atoms with Crippen molar-refractivity contribution in [3.63, 3.8) is 0 Å². The molecule has 0 atom stereocenters. The molecule has 0 aliphatic rings. The highest BCUT2D eigenvalue weighted by atomic mass is 28.4. The molecule has 0 saturated heterocycles. The third-order valence-electron chi connectivity index (χ3n) is 3.65. The molecule has 0 fully saturated rings. The number of halogens is 1. The molecule has 0 unspecified atom stereocenters. The van der Waals surface area contributed by atoms with Gasteiger partial charge in [-0.1, -0.05) is 12.8 Å². The van der Waals surface area contributed by atoms with Crippen LogP contribution in [0.1, 0.15) is 52.9 Å². The summed E-state index contributed by atoms with van der Waals surface area (Å²) in [5, 5.41) is 6.85. The summed E-state index contributed by atoms with van der Waals surface area (Å²) in [4.78, 5) is 0. The fourth-order valence-electron chi connectivity index (χ4n) is 2.56. The van der Waals surface area contributed by atoms with Crippen molar-refractivity contribution in [3.05, 3.63) is 0 Å². The number of alkyl halides is 1. The molecule has 0 aliphatic carbocycles. The maximum absolute atomic E-state index is 11.9. The number of hydrogen-bond donors (Lipinski definition) is 2. The first kappa shape index (κ1) is 23.9. The van der Waals surface area contributed by atoms with Gasteiger partial charge in [0.15, 0.2) is 0 Å². The third-order valence-corrected chi connectivity index (χ3v) is 6.80. The Kier molecular flexibility index (Phi) is 17.7. The minimum atomic E-state index is -2.48. The van der Waals surface area contributed by atoms with Crippen molar-refractivity contribution in [3.8, 4) is 0 Å². The average Bonchev–Trinajstić information content (AvgIpc) is 2.56. The smallest absolute Gasteiger partial charge is 0.374 e. The summed E-state index contributed by atoms with van der Waals surface area (Å²) < 4.78 is 29.5. The van der Waals surface area contributed by atoms with E-state index >= 15 is 0 Å². The Morgan fingerprint density at radius 1 is 0.667 bits per heavy atom. The molecule has 0 aromatic heterocycles. The summed E-state index contributed by atoms with van der Waals surface area (Å²) in [6.07, 6.45) is 4.95. The zero-order valence-electron chi connectivity index (χ0n) is 16.0. The van der Waals surface area contributed by atoms with Gasteiger partial charge in [-0.25, -0.2) is 0 Å². The summed E-state index contributed by atoms with van der Waals surface area (Å²) in [6.45, 7) is 11.6. The van der Waals surface area contributed by atoms with Crippen LogP contribution in [0.5, 0.6) is 0 Å². The van der Waals surface area contributed by atoms with Gasteiger partial charge in [0, 0.05) is 39.0 Å². The van der Waals surface area contributed by atoms with Crippen molar-refractivity contribution in [2.24, 2.45) is 0 Å². The minimum Gasteiger partial charge on any atom is -0.374 e. The lowest BCUT2D eigenvalue weighted by molar-refractivity contribution is 0.0708. The van der Waals surface area contributed by atoms with Gasteiger partial charge in [0.05, 0.1) is 6.67 Å². The third kappa shape index (κ3) is 13.3. The van der Waals surface area contributed by atoms with Gasteiger partial charge in [0.2, 0.25) is 0 Å². The first-order valence-corrected chi connectivity index (χ1v) is 11.6. The van der Waals surface area contributed by atoms with E-state index in [2.05, 4.69) is 10.6 Å². The first-order chi connectivity index (χ1) is 11.7. The minimum absolute atomic E-state index is 0.183. The summed E-state index contributed by atoms with van der Waals surface area (Å²) >= 11 is 0. The van der Waals surface area contributed by atoms with Crippen LogP contribution in [0.3, 0.4) is 0 Å². The van der Waals surface area contributed by atoms with Crippen LogP contribution >= 0.6 is 0 Å². The summed E-state index contributed by atoms with van der Waals surface area (Å²) in [7, 11) is -2.48. The summed E-state index contributed by atoms with van der Waals surface area (Å²) in [6, 6.07) is 0.859. The van der Waals surface area contributed by atoms with Gasteiger partial charge in [-0.3, -0.25) is 4.39 Å². The Bertz CT molecular complexity index is 247. The van der Waals surface area contributed by atoms with Crippen molar-refractivity contribution in [2.75, 3.05) is 52.7 Å². The predicted octanol–water partition coefficient (Wildman–Crippen LogP) is 3.13. The van der Waals surface area contributed by atoms with E-state index < -0.39 is 8.80 Å². The molecule has 0 amide bonds. The van der Waals surface area contributed by atoms with E-state index in [1.165, 1.54) is 0 Å². The van der Waals surface area contributed by atoms with E-state index in [4.69, 9.17) is 13.3 Å². The fraction of sp³-hybridized carbons (Fsp3) is 1.00. The molecule has 0 aliphatic heterocycles. The number of rotatable bonds is 19. The zero-order valence-corrected chi connectivity index (χ0v) is 17.0. The van der Waals surface area contributed by atoms with Crippen LogP contribution in [0, 0.1) is 0 Å². The summed E-state index contributed by atoms with van der Waals surface area (Å²) in [5.41, 5.74) is 0. The van der Waals surface area contributed by atoms with Gasteiger partial charge >= 0.3 is 8.80 Å². The second kappa shape index (κ2) is 17.8. The van der Waals surface area contributed by atoms with Crippen LogP contribution in [-0.2, 0) is 13.3 Å². The molecule has 7 heteroatoms. The van der Waals surface area contributed by atoms with E-state index in [1.807, 2.05) is 20.8 Å². The zero-order chi connectivity index (χ0) is 17.9. The molecule has 0 aromatic carbocycles. The van der Waals surface area contributed by atoms with Crippen LogP contribution in [0.4, 0.5) is 4.39 Å². The molecule has 0 spiro atoms. The standard InChI is InChI=1S/C17H39FN2O3Si/c1-4-21-24(22-5-2,23-6-3)17-11-14-20-16-15-19-13-10-8-7-9-12-18/h19-20H,4-17H2,1-3H3. The van der Waals surface area contributed by atoms with Gasteiger partial charge in [-0.15, -0.1) is 0 Å². The Balaban J connectivity index is 3.60. The van der Waals surface area contributed by atoms with E-state index in [0.717, 1.165) is 57.9 Å². The van der Waals surface area contributed by atoms with Crippen molar-refractivity contribution < 1.29 is 17.7 Å². The van der Waals surface area contributed by atoms with Crippen molar-refractivity contribution >= 4 is 8.80 Å². The Morgan fingerprint density at radius 2 is 1.17 bits per heavy atom. The second-order valence-electron chi connectivity index (χ2n) is 5.69. The Hall–Kier alpha value is -0.0531. The molecular weight excluding hydrogens is 327 g/mol. The number of unbranched alkanes of at least 4 members (excludes halogenated alkanes) is 3. The molecule has 5 nitrogen and oxygen atoms in total. The highest BCUT2D eigenvalue weighted by Gasteiger charge is 2.39. The SMILES string of the molecule is CCO[Si](CCCNCCNCCCCCCF)(OCC)OCC. The fourth-order valence-corrected chi connectivity index (χ4v) is 5.17. The van der Waals surface area contributed by atoms with Crippen molar-refractivity contribution in [1.29, 1.82) is 0 Å². The molecular formula is C17H39FN2O3Si. The monoisotopic (exact) mass is 366 g/mol. The lowest BCUT2D eigenvalue weighted by Gasteiger charge is -2.28. The largest absolute Gasteiger partial charge is 0.500 e. The maximum atomic E-state index is 11.9. The lowest BCUT2D eigenvalue weighted by atomic mass is 10.2. The molecule has 146 valence electrons. The van der Waals surface area contributed by atoms with E-state index in [0.29, 0.717) is 26.2 Å². The summed E-state index contributed by atoms with van der Waals surface area (Å²) in [5.74, 6) is 0. The number of hydrogen-bond acceptors (Lipinski definition) is 5. The lowest BCUT2D eigenvalue weighted by Crippen LogP contribution is -2.46. The highest BCUT2D eigenvalue weighted by molar-refractivity contribution is 6.60. The predicted molar refractivity (Wildman–Crippen MR) is 100 cm³/mol. The Labute approximate surface area is 149 Å². The van der Waals surface area contributed by atoms with E-state index in [1.54, 1.807) is 0 Å². The maximum Gasteiger partial charge on any atom is 0.500 e. The van der Waals surface area contributed by atoms with Gasteiger partial charge in [-0.2, -0.15) is 0 Å². The molecule has 0 saturated carbocycles. The molecule has 0 bridgehead atoms. The van der Waals surface area contributed by atoms with E-state index in [9.17, 15) is 4.39 Å². The van der Waals surface area contributed by atoms with E-state index in [-0.39, 0.29) is 6.67 Å². The van der Waals surface area contributed by atoms with Gasteiger partial charge in [-0.05, 0) is 53.1 Å². The van der Waals surface area contributed by atoms with Crippen LogP contribution in [0.15, 0.2) is 0 Å². The average molecular weight is 367 g/mol. The van der Waals surface area contributed by atoms with Gasteiger partial charge in [0.1, 0.15) is 0 Å². The first-order valence-electron chi connectivity index (χ1n) is 9.63. The molecule has 0 rings (SSSR count). The van der Waals surface area contributed by atoms with Crippen LogP contribution in [-0.4, -0.2) is 61.5 Å². The topological polar surface area (TPSA) is 51.8 Å². The molecule has 2 N–H and O–H groups in total. The number of nitrogens with one attached hydrogen (secondary N) is 2. The second-order valence-corrected chi connectivity index (χ2v) is 8.42. The molecule has 24 heavy (non-hydrogen) atoms. The van der Waals surface area contributed by atoms with Gasteiger partial charge in [0.25, 0.3) is 0 Å². The van der Waals surface area contributed by atoms with Crippen molar-refractivity contribution in [2.45, 2.75) is 58.9 Å². The van der Waals surface area contributed by atoms with Crippen LogP contribution in [0.25, 0.3) is 0 Å². The molecule has 0 aromatic rings. The van der Waals surface area contributed by atoms with Crippen molar-refractivity contribution in [1.82, 2.24) is 10.6 Å². The Morgan fingerprint density at radius 3 is 1.67 bits per heavy atom. The molecule has 0 radical (unpaired) electrons. The molecule has 0 heterocycles. The van der Waals surface area contributed by atoms with Gasteiger partial charge < -0.3 is 23.9 Å².